The minimum atomic E-state index is -0.232. The van der Waals surface area contributed by atoms with Crippen LogP contribution in [0.2, 0.25) is 0 Å². The molecule has 4 nitrogen and oxygen atoms in total. The van der Waals surface area contributed by atoms with E-state index in [1.165, 1.54) is 12.1 Å². The number of carbonyl (C=O) groups excluding carboxylic acids is 1. The summed E-state index contributed by atoms with van der Waals surface area (Å²) in [6, 6.07) is 12.6. The van der Waals surface area contributed by atoms with Gasteiger partial charge in [0.05, 0.1) is 0 Å². The van der Waals surface area contributed by atoms with Crippen molar-refractivity contribution < 1.29 is 9.18 Å². The number of amides is 2. The number of carbonyl (C=O) groups is 1. The highest BCUT2D eigenvalue weighted by Crippen LogP contribution is 2.22. The molecule has 2 aromatic carbocycles. The van der Waals surface area contributed by atoms with Gasteiger partial charge in [0.25, 0.3) is 0 Å². The number of nitrogens with one attached hydrogen (secondary N) is 1. The van der Waals surface area contributed by atoms with Gasteiger partial charge in [-0.25, -0.2) is 9.18 Å². The van der Waals surface area contributed by atoms with Crippen molar-refractivity contribution in [2.45, 2.75) is 20.3 Å². The Hall–Kier alpha value is -2.56. The first-order chi connectivity index (χ1) is 12.1. The summed E-state index contributed by atoms with van der Waals surface area (Å²) < 4.78 is 13.4. The summed E-state index contributed by atoms with van der Waals surface area (Å²) in [5.74, 6) is -0.232. The second-order valence-electron chi connectivity index (χ2n) is 6.35. The van der Waals surface area contributed by atoms with Gasteiger partial charge in [0, 0.05) is 37.6 Å². The van der Waals surface area contributed by atoms with E-state index in [0.29, 0.717) is 26.2 Å². The van der Waals surface area contributed by atoms with Crippen molar-refractivity contribution in [3.8, 4) is 0 Å². The van der Waals surface area contributed by atoms with Gasteiger partial charge in [-0.1, -0.05) is 31.2 Å². The first kappa shape index (κ1) is 17.3. The molecule has 132 valence electrons. The van der Waals surface area contributed by atoms with Crippen molar-refractivity contribution in [1.29, 1.82) is 0 Å². The van der Waals surface area contributed by atoms with Crippen LogP contribution in [-0.4, -0.2) is 37.1 Å². The van der Waals surface area contributed by atoms with Crippen molar-refractivity contribution >= 4 is 17.4 Å². The lowest BCUT2D eigenvalue weighted by molar-refractivity contribution is 0.208. The van der Waals surface area contributed by atoms with Gasteiger partial charge in [-0.3, -0.25) is 0 Å². The number of aryl methyl sites for hydroxylation is 2. The molecule has 0 saturated carbocycles. The maximum absolute atomic E-state index is 13.4. The van der Waals surface area contributed by atoms with Crippen LogP contribution in [-0.2, 0) is 6.42 Å². The summed E-state index contributed by atoms with van der Waals surface area (Å²) in [7, 11) is 0. The largest absolute Gasteiger partial charge is 0.368 e. The SMILES string of the molecule is CCc1cccc(C)c1NC(=O)N1CCN(c2cccc(F)c2)CC1. The summed E-state index contributed by atoms with van der Waals surface area (Å²) in [6.45, 7) is 6.74. The van der Waals surface area contributed by atoms with Gasteiger partial charge in [0.15, 0.2) is 0 Å². The molecule has 0 spiro atoms. The van der Waals surface area contributed by atoms with Crippen molar-refractivity contribution in [3.05, 3.63) is 59.4 Å². The van der Waals surface area contributed by atoms with E-state index in [1.807, 2.05) is 36.1 Å². The summed E-state index contributed by atoms with van der Waals surface area (Å²) in [5.41, 5.74) is 4.01. The number of benzene rings is 2. The third-order valence-corrected chi connectivity index (χ3v) is 4.71. The Bertz CT molecular complexity index is 754. The van der Waals surface area contributed by atoms with Crippen LogP contribution in [0.1, 0.15) is 18.1 Å². The number of para-hydroxylation sites is 1. The standard InChI is InChI=1S/C20H24FN3O/c1-3-16-7-4-6-15(2)19(16)22-20(25)24-12-10-23(11-13-24)18-9-5-8-17(21)14-18/h4-9,14H,3,10-13H2,1-2H3,(H,22,25). The number of nitrogens with zero attached hydrogens (tertiary/aromatic N) is 2. The molecule has 1 aliphatic heterocycles. The summed E-state index contributed by atoms with van der Waals surface area (Å²) in [6.07, 6.45) is 0.880. The lowest BCUT2D eigenvalue weighted by Gasteiger charge is -2.36. The lowest BCUT2D eigenvalue weighted by atomic mass is 10.1. The third kappa shape index (κ3) is 3.92. The molecular weight excluding hydrogens is 317 g/mol. The smallest absolute Gasteiger partial charge is 0.321 e. The number of hydrogen-bond acceptors (Lipinski definition) is 2. The molecule has 1 heterocycles. The Labute approximate surface area is 148 Å². The van der Waals surface area contributed by atoms with Gasteiger partial charge in [-0.15, -0.1) is 0 Å². The van der Waals surface area contributed by atoms with E-state index in [4.69, 9.17) is 0 Å². The van der Waals surface area contributed by atoms with Crippen molar-refractivity contribution in [2.75, 3.05) is 36.4 Å². The molecule has 0 bridgehead atoms. The van der Waals surface area contributed by atoms with E-state index in [9.17, 15) is 9.18 Å². The van der Waals surface area contributed by atoms with Gasteiger partial charge < -0.3 is 15.1 Å². The molecule has 2 aromatic rings. The zero-order valence-electron chi connectivity index (χ0n) is 14.8. The van der Waals surface area contributed by atoms with E-state index in [1.54, 1.807) is 6.07 Å². The quantitative estimate of drug-likeness (QED) is 0.914. The van der Waals surface area contributed by atoms with E-state index >= 15 is 0 Å². The van der Waals surface area contributed by atoms with Crippen LogP contribution in [0, 0.1) is 12.7 Å². The van der Waals surface area contributed by atoms with Crippen LogP contribution >= 0.6 is 0 Å². The monoisotopic (exact) mass is 341 g/mol. The molecule has 0 unspecified atom stereocenters. The zero-order chi connectivity index (χ0) is 17.8. The fraction of sp³-hybridized carbons (Fsp3) is 0.350. The predicted molar refractivity (Wildman–Crippen MR) is 99.8 cm³/mol. The number of rotatable bonds is 3. The van der Waals surface area contributed by atoms with Crippen molar-refractivity contribution in [1.82, 2.24) is 4.90 Å². The molecule has 1 aliphatic rings. The van der Waals surface area contributed by atoms with Crippen LogP contribution in [0.25, 0.3) is 0 Å². The summed E-state index contributed by atoms with van der Waals surface area (Å²) >= 11 is 0. The molecule has 5 heteroatoms. The molecule has 1 saturated heterocycles. The third-order valence-electron chi connectivity index (χ3n) is 4.71. The molecule has 0 aromatic heterocycles. The Morgan fingerprint density at radius 2 is 1.84 bits per heavy atom. The van der Waals surface area contributed by atoms with Crippen molar-refractivity contribution in [2.24, 2.45) is 0 Å². The first-order valence-electron chi connectivity index (χ1n) is 8.73. The number of halogens is 1. The molecule has 3 rings (SSSR count). The number of piperazine rings is 1. The van der Waals surface area contributed by atoms with Crippen LogP contribution in [0.15, 0.2) is 42.5 Å². The highest BCUT2D eigenvalue weighted by Gasteiger charge is 2.22. The second-order valence-corrected chi connectivity index (χ2v) is 6.35. The molecule has 25 heavy (non-hydrogen) atoms. The van der Waals surface area contributed by atoms with Gasteiger partial charge in [0.1, 0.15) is 5.82 Å². The first-order valence-corrected chi connectivity index (χ1v) is 8.73. The molecule has 1 N–H and O–H groups in total. The molecule has 0 aliphatic carbocycles. The van der Waals surface area contributed by atoms with E-state index < -0.39 is 0 Å². The van der Waals surface area contributed by atoms with Gasteiger partial charge in [-0.2, -0.15) is 0 Å². The Balaban J connectivity index is 1.62. The number of urea groups is 1. The average molecular weight is 341 g/mol. The highest BCUT2D eigenvalue weighted by molar-refractivity contribution is 5.91. The molecule has 1 fully saturated rings. The summed E-state index contributed by atoms with van der Waals surface area (Å²) in [5, 5.41) is 3.07. The average Bonchev–Trinajstić information content (AvgIpc) is 2.63. The van der Waals surface area contributed by atoms with E-state index in [0.717, 1.165) is 28.9 Å². The van der Waals surface area contributed by atoms with Gasteiger partial charge >= 0.3 is 6.03 Å². The fourth-order valence-corrected chi connectivity index (χ4v) is 3.23. The minimum Gasteiger partial charge on any atom is -0.368 e. The maximum atomic E-state index is 13.4. The van der Waals surface area contributed by atoms with E-state index in [-0.39, 0.29) is 11.8 Å². The van der Waals surface area contributed by atoms with Crippen LogP contribution in [0.5, 0.6) is 0 Å². The van der Waals surface area contributed by atoms with Crippen LogP contribution < -0.4 is 10.2 Å². The van der Waals surface area contributed by atoms with Crippen LogP contribution in [0.4, 0.5) is 20.6 Å². The van der Waals surface area contributed by atoms with Gasteiger partial charge in [0.2, 0.25) is 0 Å². The molecule has 0 atom stereocenters. The summed E-state index contributed by atoms with van der Waals surface area (Å²) in [4.78, 5) is 16.6. The fourth-order valence-electron chi connectivity index (χ4n) is 3.23. The Kier molecular flexibility index (Phi) is 5.22. The molecule has 0 radical (unpaired) electrons. The maximum Gasteiger partial charge on any atom is 0.321 e. The van der Waals surface area contributed by atoms with E-state index in [2.05, 4.69) is 17.1 Å². The second kappa shape index (κ2) is 7.55. The Morgan fingerprint density at radius 3 is 2.52 bits per heavy atom. The number of anilines is 2. The topological polar surface area (TPSA) is 35.6 Å². The predicted octanol–water partition coefficient (Wildman–Crippen LogP) is 4.05. The normalized spacial score (nSPS) is 14.5. The highest BCUT2D eigenvalue weighted by atomic mass is 19.1. The minimum absolute atomic E-state index is 0.0668. The Morgan fingerprint density at radius 1 is 1.12 bits per heavy atom. The molecular formula is C20H24FN3O. The molecule has 2 amide bonds. The van der Waals surface area contributed by atoms with Gasteiger partial charge in [-0.05, 0) is 42.7 Å². The lowest BCUT2D eigenvalue weighted by Crippen LogP contribution is -2.50. The zero-order valence-corrected chi connectivity index (χ0v) is 14.8. The van der Waals surface area contributed by atoms with Crippen molar-refractivity contribution in [3.63, 3.8) is 0 Å². The number of hydrogen-bond donors (Lipinski definition) is 1. The van der Waals surface area contributed by atoms with Crippen LogP contribution in [0.3, 0.4) is 0 Å².